The zero-order valence-electron chi connectivity index (χ0n) is 13.1. The maximum absolute atomic E-state index is 12.5. The molecule has 1 heterocycles. The molecule has 114 valence electrons. The fraction of sp³-hybridized carbons (Fsp3) is 1.00. The van der Waals surface area contributed by atoms with Gasteiger partial charge in [-0.3, -0.25) is 0 Å². The molecular formula is C14H30N2O2S. The van der Waals surface area contributed by atoms with E-state index in [9.17, 15) is 8.42 Å². The van der Waals surface area contributed by atoms with Gasteiger partial charge in [-0.2, -0.15) is 4.31 Å². The Hall–Kier alpha value is -0.130. The van der Waals surface area contributed by atoms with Gasteiger partial charge in [0.05, 0.1) is 5.75 Å². The Morgan fingerprint density at radius 3 is 2.53 bits per heavy atom. The van der Waals surface area contributed by atoms with Crippen LogP contribution in [-0.2, 0) is 10.0 Å². The summed E-state index contributed by atoms with van der Waals surface area (Å²) in [7, 11) is -3.12. The first-order chi connectivity index (χ1) is 8.68. The minimum Gasteiger partial charge on any atom is -0.309 e. The van der Waals surface area contributed by atoms with E-state index in [1.54, 1.807) is 4.31 Å². The van der Waals surface area contributed by atoms with Crippen molar-refractivity contribution in [1.29, 1.82) is 0 Å². The topological polar surface area (TPSA) is 49.4 Å². The summed E-state index contributed by atoms with van der Waals surface area (Å²) in [4.78, 5) is 0. The molecule has 1 aliphatic heterocycles. The predicted octanol–water partition coefficient (Wildman–Crippen LogP) is 2.21. The summed E-state index contributed by atoms with van der Waals surface area (Å²) < 4.78 is 26.8. The molecule has 1 unspecified atom stereocenters. The summed E-state index contributed by atoms with van der Waals surface area (Å²) in [5, 5.41) is 3.47. The van der Waals surface area contributed by atoms with E-state index >= 15 is 0 Å². The molecule has 1 rings (SSSR count). The van der Waals surface area contributed by atoms with Crippen molar-refractivity contribution in [2.75, 3.05) is 18.8 Å². The lowest BCUT2D eigenvalue weighted by atomic mass is 9.96. The number of piperazine rings is 1. The first-order valence-corrected chi connectivity index (χ1v) is 9.03. The normalized spacial score (nSPS) is 24.8. The third-order valence-corrected chi connectivity index (χ3v) is 5.58. The molecule has 4 nitrogen and oxygen atoms in total. The van der Waals surface area contributed by atoms with E-state index < -0.39 is 10.0 Å². The molecule has 1 fully saturated rings. The Labute approximate surface area is 119 Å². The highest BCUT2D eigenvalue weighted by Gasteiger charge is 2.38. The van der Waals surface area contributed by atoms with Gasteiger partial charge in [0.2, 0.25) is 10.0 Å². The van der Waals surface area contributed by atoms with Gasteiger partial charge in [-0.15, -0.1) is 0 Å². The number of nitrogens with zero attached hydrogens (tertiary/aromatic N) is 1. The zero-order chi connectivity index (χ0) is 14.7. The van der Waals surface area contributed by atoms with E-state index in [-0.39, 0.29) is 17.3 Å². The summed E-state index contributed by atoms with van der Waals surface area (Å²) in [6.45, 7) is 11.8. The molecule has 1 N–H and O–H groups in total. The lowest BCUT2D eigenvalue weighted by Gasteiger charge is -2.44. The summed E-state index contributed by atoms with van der Waals surface area (Å²) >= 11 is 0. The Balaban J connectivity index is 2.87. The highest BCUT2D eigenvalue weighted by Crippen LogP contribution is 2.23. The predicted molar refractivity (Wildman–Crippen MR) is 80.7 cm³/mol. The van der Waals surface area contributed by atoms with Crippen molar-refractivity contribution < 1.29 is 8.42 Å². The summed E-state index contributed by atoms with van der Waals surface area (Å²) in [5.74, 6) is 0.797. The third-order valence-electron chi connectivity index (χ3n) is 3.63. The van der Waals surface area contributed by atoms with E-state index in [2.05, 4.69) is 33.0 Å². The lowest BCUT2D eigenvalue weighted by molar-refractivity contribution is 0.158. The van der Waals surface area contributed by atoms with E-state index in [1.807, 2.05) is 6.92 Å². The molecule has 0 amide bonds. The number of hydrogen-bond donors (Lipinski definition) is 1. The highest BCUT2D eigenvalue weighted by molar-refractivity contribution is 7.89. The standard InChI is InChI=1S/C14H30N2O2S/c1-6-7-8-19(17,18)16-11-14(4,5)15-10-13(16)9-12(2)3/h12-13,15H,6-11H2,1-5H3. The third kappa shape index (κ3) is 5.04. The van der Waals surface area contributed by atoms with Crippen LogP contribution in [0, 0.1) is 5.92 Å². The van der Waals surface area contributed by atoms with Gasteiger partial charge >= 0.3 is 0 Å². The Kier molecular flexibility index (Phi) is 5.83. The summed E-state index contributed by atoms with van der Waals surface area (Å²) in [6, 6.07) is 0.106. The van der Waals surface area contributed by atoms with Gasteiger partial charge in [-0.25, -0.2) is 8.42 Å². The Morgan fingerprint density at radius 2 is 2.00 bits per heavy atom. The second-order valence-electron chi connectivity index (χ2n) is 6.76. The van der Waals surface area contributed by atoms with E-state index in [0.29, 0.717) is 12.5 Å². The molecule has 0 aliphatic carbocycles. The van der Waals surface area contributed by atoms with Crippen molar-refractivity contribution in [3.8, 4) is 0 Å². The van der Waals surface area contributed by atoms with Crippen molar-refractivity contribution in [2.24, 2.45) is 5.92 Å². The van der Waals surface area contributed by atoms with Gasteiger partial charge in [0.1, 0.15) is 0 Å². The van der Waals surface area contributed by atoms with Crippen molar-refractivity contribution >= 4 is 10.0 Å². The molecule has 1 atom stereocenters. The van der Waals surface area contributed by atoms with Crippen LogP contribution in [0.3, 0.4) is 0 Å². The molecule has 5 heteroatoms. The second kappa shape index (κ2) is 6.55. The maximum atomic E-state index is 12.5. The van der Waals surface area contributed by atoms with Gasteiger partial charge in [0.15, 0.2) is 0 Å². The van der Waals surface area contributed by atoms with Gasteiger partial charge in [-0.05, 0) is 32.6 Å². The lowest BCUT2D eigenvalue weighted by Crippen LogP contribution is -2.63. The first kappa shape index (κ1) is 16.9. The number of sulfonamides is 1. The van der Waals surface area contributed by atoms with E-state index in [1.165, 1.54) is 0 Å². The second-order valence-corrected chi connectivity index (χ2v) is 8.80. The number of nitrogens with one attached hydrogen (secondary N) is 1. The average Bonchev–Trinajstić information content (AvgIpc) is 2.28. The van der Waals surface area contributed by atoms with Crippen LogP contribution in [0.15, 0.2) is 0 Å². The first-order valence-electron chi connectivity index (χ1n) is 7.42. The monoisotopic (exact) mass is 290 g/mol. The highest BCUT2D eigenvalue weighted by atomic mass is 32.2. The molecule has 0 radical (unpaired) electrons. The van der Waals surface area contributed by atoms with Crippen LogP contribution in [0.4, 0.5) is 0 Å². The summed E-state index contributed by atoms with van der Waals surface area (Å²) in [5.41, 5.74) is -0.132. The van der Waals surface area contributed by atoms with Crippen LogP contribution in [-0.4, -0.2) is 43.1 Å². The fourth-order valence-electron chi connectivity index (χ4n) is 2.59. The Bertz CT molecular complexity index is 377. The van der Waals surface area contributed by atoms with Crippen molar-refractivity contribution in [3.63, 3.8) is 0 Å². The van der Waals surface area contributed by atoms with E-state index in [4.69, 9.17) is 0 Å². The number of unbranched alkanes of at least 4 members (excludes halogenated alkanes) is 1. The van der Waals surface area contributed by atoms with Gasteiger partial charge < -0.3 is 5.32 Å². The molecule has 0 saturated carbocycles. The van der Waals surface area contributed by atoms with E-state index in [0.717, 1.165) is 25.8 Å². The van der Waals surface area contributed by atoms with Crippen LogP contribution in [0.25, 0.3) is 0 Å². The van der Waals surface area contributed by atoms with Crippen LogP contribution < -0.4 is 5.32 Å². The molecule has 0 spiro atoms. The largest absolute Gasteiger partial charge is 0.309 e. The smallest absolute Gasteiger partial charge is 0.214 e. The molecular weight excluding hydrogens is 260 g/mol. The number of hydrogen-bond acceptors (Lipinski definition) is 3. The van der Waals surface area contributed by atoms with Crippen LogP contribution in [0.2, 0.25) is 0 Å². The van der Waals surface area contributed by atoms with Crippen LogP contribution >= 0.6 is 0 Å². The van der Waals surface area contributed by atoms with Gasteiger partial charge in [0.25, 0.3) is 0 Å². The molecule has 1 saturated heterocycles. The molecule has 0 aromatic rings. The molecule has 19 heavy (non-hydrogen) atoms. The van der Waals surface area contributed by atoms with Gasteiger partial charge in [-0.1, -0.05) is 27.2 Å². The zero-order valence-corrected chi connectivity index (χ0v) is 13.9. The van der Waals surface area contributed by atoms with Crippen LogP contribution in [0.5, 0.6) is 0 Å². The maximum Gasteiger partial charge on any atom is 0.214 e. The molecule has 0 aromatic carbocycles. The quantitative estimate of drug-likeness (QED) is 0.816. The minimum absolute atomic E-state index is 0.106. The SMILES string of the molecule is CCCCS(=O)(=O)N1CC(C)(C)NCC1CC(C)C. The van der Waals surface area contributed by atoms with Crippen molar-refractivity contribution in [3.05, 3.63) is 0 Å². The van der Waals surface area contributed by atoms with Gasteiger partial charge in [0, 0.05) is 24.7 Å². The van der Waals surface area contributed by atoms with Crippen molar-refractivity contribution in [2.45, 2.75) is 65.5 Å². The Morgan fingerprint density at radius 1 is 1.37 bits per heavy atom. The van der Waals surface area contributed by atoms with Crippen molar-refractivity contribution in [1.82, 2.24) is 9.62 Å². The number of rotatable bonds is 6. The fourth-order valence-corrected chi connectivity index (χ4v) is 4.61. The molecule has 0 aromatic heterocycles. The van der Waals surface area contributed by atoms with Crippen LogP contribution in [0.1, 0.15) is 53.9 Å². The average molecular weight is 290 g/mol. The summed E-state index contributed by atoms with van der Waals surface area (Å²) in [6.07, 6.45) is 2.60. The minimum atomic E-state index is -3.12. The molecule has 0 bridgehead atoms. The molecule has 1 aliphatic rings.